The van der Waals surface area contributed by atoms with E-state index in [0.29, 0.717) is 16.6 Å². The molecule has 0 spiro atoms. The van der Waals surface area contributed by atoms with Gasteiger partial charge in [0.15, 0.2) is 0 Å². The lowest BCUT2D eigenvalue weighted by atomic mass is 10.0. The summed E-state index contributed by atoms with van der Waals surface area (Å²) in [5.41, 5.74) is 5.18. The number of hydrogen-bond donors (Lipinski definition) is 0. The van der Waals surface area contributed by atoms with Crippen LogP contribution in [0.5, 0.6) is 0 Å². The fourth-order valence-electron chi connectivity index (χ4n) is 4.29. The van der Waals surface area contributed by atoms with Crippen molar-refractivity contribution in [3.63, 3.8) is 0 Å². The SMILES string of the molecule is Fc1ccc2c(c1)c1cc(F)ccc1n2-c1cccc(-c2cccc(-c3ccccn3)c2)n1. The zero-order chi connectivity index (χ0) is 22.4. The molecular formula is C28H17F2N3. The summed E-state index contributed by atoms with van der Waals surface area (Å²) in [6.07, 6.45) is 1.77. The van der Waals surface area contributed by atoms with Gasteiger partial charge in [-0.25, -0.2) is 13.8 Å². The molecule has 3 aromatic carbocycles. The Hall–Kier alpha value is -4.38. The highest BCUT2D eigenvalue weighted by molar-refractivity contribution is 6.09. The maximum Gasteiger partial charge on any atom is 0.138 e. The second-order valence-electron chi connectivity index (χ2n) is 7.84. The fourth-order valence-corrected chi connectivity index (χ4v) is 4.29. The van der Waals surface area contributed by atoms with E-state index in [0.717, 1.165) is 33.5 Å². The van der Waals surface area contributed by atoms with Crippen LogP contribution >= 0.6 is 0 Å². The normalized spacial score (nSPS) is 11.3. The molecule has 0 atom stereocenters. The van der Waals surface area contributed by atoms with Crippen molar-refractivity contribution in [2.24, 2.45) is 0 Å². The Kier molecular flexibility index (Phi) is 4.47. The van der Waals surface area contributed by atoms with E-state index in [9.17, 15) is 8.78 Å². The van der Waals surface area contributed by atoms with Crippen LogP contribution in [0.2, 0.25) is 0 Å². The van der Waals surface area contributed by atoms with Crippen LogP contribution in [-0.2, 0) is 0 Å². The maximum atomic E-state index is 14.0. The van der Waals surface area contributed by atoms with Gasteiger partial charge in [0.2, 0.25) is 0 Å². The van der Waals surface area contributed by atoms with Crippen molar-refractivity contribution in [3.05, 3.63) is 115 Å². The second kappa shape index (κ2) is 7.64. The van der Waals surface area contributed by atoms with Gasteiger partial charge in [-0.05, 0) is 66.7 Å². The molecule has 3 heterocycles. The first-order valence-corrected chi connectivity index (χ1v) is 10.6. The molecule has 6 aromatic rings. The van der Waals surface area contributed by atoms with Crippen LogP contribution in [0.4, 0.5) is 8.78 Å². The molecule has 3 nitrogen and oxygen atoms in total. The fraction of sp³-hybridized carbons (Fsp3) is 0. The summed E-state index contributed by atoms with van der Waals surface area (Å²) in [6.45, 7) is 0. The maximum absolute atomic E-state index is 14.0. The zero-order valence-electron chi connectivity index (χ0n) is 17.4. The van der Waals surface area contributed by atoms with Crippen molar-refractivity contribution < 1.29 is 8.78 Å². The number of hydrogen-bond acceptors (Lipinski definition) is 2. The Bertz CT molecular complexity index is 1580. The monoisotopic (exact) mass is 433 g/mol. The second-order valence-corrected chi connectivity index (χ2v) is 7.84. The van der Waals surface area contributed by atoms with Gasteiger partial charge in [0, 0.05) is 28.1 Å². The number of nitrogens with zero attached hydrogens (tertiary/aromatic N) is 3. The number of aromatic nitrogens is 3. The lowest BCUT2D eigenvalue weighted by Crippen LogP contribution is -1.98. The van der Waals surface area contributed by atoms with Crippen LogP contribution in [0.25, 0.3) is 50.1 Å². The van der Waals surface area contributed by atoms with E-state index in [-0.39, 0.29) is 11.6 Å². The molecule has 158 valence electrons. The van der Waals surface area contributed by atoms with Crippen LogP contribution < -0.4 is 0 Å². The standard InChI is InChI=1S/C28H17F2N3/c29-20-10-12-26-22(16-20)23-17-21(30)11-13-27(23)33(26)28-9-4-8-25(32-28)19-6-3-5-18(15-19)24-7-1-2-14-31-24/h1-17H. The average Bonchev–Trinajstić information content (AvgIpc) is 3.17. The smallest absolute Gasteiger partial charge is 0.138 e. The molecule has 0 saturated carbocycles. The predicted molar refractivity (Wildman–Crippen MR) is 127 cm³/mol. The quantitative estimate of drug-likeness (QED) is 0.296. The van der Waals surface area contributed by atoms with Crippen molar-refractivity contribution in [1.29, 1.82) is 0 Å². The third kappa shape index (κ3) is 3.34. The van der Waals surface area contributed by atoms with Crippen LogP contribution in [0.3, 0.4) is 0 Å². The number of benzene rings is 3. The molecule has 0 saturated heterocycles. The van der Waals surface area contributed by atoms with E-state index in [1.165, 1.54) is 24.3 Å². The van der Waals surface area contributed by atoms with Crippen molar-refractivity contribution in [1.82, 2.24) is 14.5 Å². The van der Waals surface area contributed by atoms with Crippen molar-refractivity contribution >= 4 is 21.8 Å². The third-order valence-corrected chi connectivity index (χ3v) is 5.77. The van der Waals surface area contributed by atoms with E-state index >= 15 is 0 Å². The highest BCUT2D eigenvalue weighted by Crippen LogP contribution is 2.33. The minimum absolute atomic E-state index is 0.362. The Morgan fingerprint density at radius 1 is 0.576 bits per heavy atom. The van der Waals surface area contributed by atoms with E-state index in [2.05, 4.69) is 11.1 Å². The van der Waals surface area contributed by atoms with Crippen molar-refractivity contribution in [3.8, 4) is 28.3 Å². The zero-order valence-corrected chi connectivity index (χ0v) is 17.4. The topological polar surface area (TPSA) is 30.7 Å². The Morgan fingerprint density at radius 2 is 1.21 bits per heavy atom. The number of halogens is 2. The molecular weight excluding hydrogens is 416 g/mol. The molecule has 6 rings (SSSR count). The molecule has 33 heavy (non-hydrogen) atoms. The van der Waals surface area contributed by atoms with Gasteiger partial charge < -0.3 is 0 Å². The van der Waals surface area contributed by atoms with Gasteiger partial charge in [0.1, 0.15) is 17.5 Å². The van der Waals surface area contributed by atoms with Crippen molar-refractivity contribution in [2.75, 3.05) is 0 Å². The van der Waals surface area contributed by atoms with E-state index < -0.39 is 0 Å². The summed E-state index contributed by atoms with van der Waals surface area (Å²) < 4.78 is 30.0. The molecule has 0 unspecified atom stereocenters. The first kappa shape index (κ1) is 19.3. The van der Waals surface area contributed by atoms with Crippen LogP contribution in [-0.4, -0.2) is 14.5 Å². The molecule has 5 heteroatoms. The lowest BCUT2D eigenvalue weighted by Gasteiger charge is -2.10. The van der Waals surface area contributed by atoms with Crippen LogP contribution in [0.15, 0.2) is 103 Å². The summed E-state index contributed by atoms with van der Waals surface area (Å²) >= 11 is 0. The molecule has 0 bridgehead atoms. The minimum atomic E-state index is -0.362. The number of rotatable bonds is 3. The molecule has 0 aliphatic rings. The molecule has 0 radical (unpaired) electrons. The van der Waals surface area contributed by atoms with Gasteiger partial charge in [-0.15, -0.1) is 0 Å². The Balaban J connectivity index is 1.54. The van der Waals surface area contributed by atoms with E-state index in [4.69, 9.17) is 4.98 Å². The highest BCUT2D eigenvalue weighted by Gasteiger charge is 2.15. The Labute approximate surface area is 188 Å². The van der Waals surface area contributed by atoms with Gasteiger partial charge >= 0.3 is 0 Å². The van der Waals surface area contributed by atoms with Gasteiger partial charge in [0.05, 0.1) is 22.4 Å². The minimum Gasteiger partial charge on any atom is -0.294 e. The van der Waals surface area contributed by atoms with Crippen LogP contribution in [0, 0.1) is 11.6 Å². The first-order valence-electron chi connectivity index (χ1n) is 10.6. The van der Waals surface area contributed by atoms with Crippen LogP contribution in [0.1, 0.15) is 0 Å². The average molecular weight is 433 g/mol. The Morgan fingerprint density at radius 3 is 1.88 bits per heavy atom. The summed E-state index contributed by atoms with van der Waals surface area (Å²) in [5, 5.41) is 1.29. The summed E-state index contributed by atoms with van der Waals surface area (Å²) in [7, 11) is 0. The lowest BCUT2D eigenvalue weighted by molar-refractivity contribution is 0.628. The number of pyridine rings is 2. The molecule has 3 aromatic heterocycles. The highest BCUT2D eigenvalue weighted by atomic mass is 19.1. The number of fused-ring (bicyclic) bond motifs is 3. The largest absolute Gasteiger partial charge is 0.294 e. The summed E-state index contributed by atoms with van der Waals surface area (Å²) in [6, 6.07) is 28.8. The summed E-state index contributed by atoms with van der Waals surface area (Å²) in [5.74, 6) is -0.0494. The van der Waals surface area contributed by atoms with Gasteiger partial charge in [-0.2, -0.15) is 0 Å². The first-order chi connectivity index (χ1) is 16.2. The van der Waals surface area contributed by atoms with Gasteiger partial charge in [-0.1, -0.05) is 30.3 Å². The van der Waals surface area contributed by atoms with Gasteiger partial charge in [0.25, 0.3) is 0 Å². The molecule has 0 aliphatic heterocycles. The van der Waals surface area contributed by atoms with Gasteiger partial charge in [-0.3, -0.25) is 9.55 Å². The molecule has 0 aliphatic carbocycles. The molecule has 0 amide bonds. The van der Waals surface area contributed by atoms with Crippen molar-refractivity contribution in [2.45, 2.75) is 0 Å². The van der Waals surface area contributed by atoms with E-state index in [1.807, 2.05) is 59.2 Å². The molecule has 0 N–H and O–H groups in total. The van der Waals surface area contributed by atoms with E-state index in [1.54, 1.807) is 18.3 Å². The summed E-state index contributed by atoms with van der Waals surface area (Å²) in [4.78, 5) is 9.36. The molecule has 0 fully saturated rings. The third-order valence-electron chi connectivity index (χ3n) is 5.77. The predicted octanol–water partition coefficient (Wildman–Crippen LogP) is 7.19.